The number of benzene rings is 1. The highest BCUT2D eigenvalue weighted by atomic mass is 79.9. The van der Waals surface area contributed by atoms with Gasteiger partial charge in [0.05, 0.1) is 11.0 Å². The summed E-state index contributed by atoms with van der Waals surface area (Å²) in [4.78, 5) is 4.79. The number of fused-ring (bicyclic) bond motifs is 1. The van der Waals surface area contributed by atoms with Crippen molar-refractivity contribution in [2.24, 2.45) is 0 Å². The van der Waals surface area contributed by atoms with E-state index in [0.717, 1.165) is 40.6 Å². The Kier molecular flexibility index (Phi) is 4.79. The van der Waals surface area contributed by atoms with Crippen LogP contribution in [0.2, 0.25) is 0 Å². The molecule has 10 heteroatoms. The second-order valence-corrected chi connectivity index (χ2v) is 10.0. The summed E-state index contributed by atoms with van der Waals surface area (Å²) in [5.41, 5.74) is -3.43. The molecular formula is C17H19BrF3N3O2S. The smallest absolute Gasteiger partial charge is 0.324 e. The third kappa shape index (κ3) is 3.29. The van der Waals surface area contributed by atoms with Crippen LogP contribution in [0.4, 0.5) is 13.2 Å². The van der Waals surface area contributed by atoms with E-state index in [1.54, 1.807) is 0 Å². The lowest BCUT2D eigenvalue weighted by Gasteiger charge is -2.35. The number of piperidine rings is 1. The molecule has 1 saturated carbocycles. The fraction of sp³-hybridized carbons (Fsp3) is 0.588. The molecule has 1 aliphatic heterocycles. The van der Waals surface area contributed by atoms with Crippen LogP contribution in [-0.4, -0.2) is 40.9 Å². The Bertz CT molecular complexity index is 962. The zero-order valence-electron chi connectivity index (χ0n) is 14.4. The van der Waals surface area contributed by atoms with Gasteiger partial charge in [-0.1, -0.05) is 22.4 Å². The number of alkyl halides is 3. The topological polar surface area (TPSA) is 55.2 Å². The summed E-state index contributed by atoms with van der Waals surface area (Å²) in [6.45, 7) is -0.269. The van der Waals surface area contributed by atoms with E-state index in [1.807, 2.05) is 18.2 Å². The van der Waals surface area contributed by atoms with E-state index in [2.05, 4.69) is 20.5 Å². The molecule has 2 aliphatic rings. The minimum atomic E-state index is -5.26. The minimum Gasteiger partial charge on any atom is -0.324 e. The van der Waals surface area contributed by atoms with Gasteiger partial charge in [-0.05, 0) is 43.9 Å². The Labute approximate surface area is 163 Å². The molecule has 0 atom stereocenters. The maximum atomic E-state index is 12.8. The molecule has 1 aliphatic carbocycles. The number of hydrogen-bond acceptors (Lipinski definition) is 3. The molecular weight excluding hydrogens is 447 g/mol. The molecule has 5 nitrogen and oxygen atoms in total. The van der Waals surface area contributed by atoms with Crippen molar-refractivity contribution in [2.45, 2.75) is 49.6 Å². The quantitative estimate of drug-likeness (QED) is 0.667. The SMILES string of the molecule is O=S(=O)(N1CCC(n2c(C3CCC3)nc3ccc(Br)cc32)CC1)C(F)(F)F. The highest BCUT2D eigenvalue weighted by Crippen LogP contribution is 2.41. The first-order valence-corrected chi connectivity index (χ1v) is 11.2. The summed E-state index contributed by atoms with van der Waals surface area (Å²) in [6.07, 6.45) is 3.96. The van der Waals surface area contributed by atoms with Gasteiger partial charge in [-0.2, -0.15) is 17.5 Å². The normalized spacial score (nSPS) is 20.9. The summed E-state index contributed by atoms with van der Waals surface area (Å²) in [5.74, 6) is 1.35. The molecule has 0 amide bonds. The second-order valence-electron chi connectivity index (χ2n) is 7.18. The molecule has 0 bridgehead atoms. The standard InChI is InChI=1S/C17H19BrF3N3O2S/c18-12-4-5-14-15(10-12)24(16(22-14)11-2-1-3-11)13-6-8-23(9-7-13)27(25,26)17(19,20)21/h4-5,10-11,13H,1-3,6-9H2. The lowest BCUT2D eigenvalue weighted by atomic mass is 9.84. The summed E-state index contributed by atoms with van der Waals surface area (Å²) in [7, 11) is -5.26. The van der Waals surface area contributed by atoms with Crippen molar-refractivity contribution in [1.82, 2.24) is 13.9 Å². The van der Waals surface area contributed by atoms with Crippen LogP contribution in [0.1, 0.15) is 49.9 Å². The van der Waals surface area contributed by atoms with Crippen molar-refractivity contribution in [3.05, 3.63) is 28.5 Å². The maximum absolute atomic E-state index is 12.8. The number of hydrogen-bond donors (Lipinski definition) is 0. The molecule has 1 saturated heterocycles. The van der Waals surface area contributed by atoms with Crippen LogP contribution < -0.4 is 0 Å². The zero-order valence-corrected chi connectivity index (χ0v) is 16.8. The van der Waals surface area contributed by atoms with Crippen LogP contribution in [0.15, 0.2) is 22.7 Å². The number of rotatable bonds is 3. The van der Waals surface area contributed by atoms with E-state index in [-0.39, 0.29) is 19.1 Å². The number of imidazole rings is 1. The van der Waals surface area contributed by atoms with E-state index in [4.69, 9.17) is 4.98 Å². The van der Waals surface area contributed by atoms with Crippen LogP contribution in [0, 0.1) is 0 Å². The fourth-order valence-corrected chi connectivity index (χ4v) is 5.24. The Balaban J connectivity index is 1.65. The Hall–Kier alpha value is -1.13. The third-order valence-corrected chi connectivity index (χ3v) is 7.69. The van der Waals surface area contributed by atoms with Crippen LogP contribution in [0.5, 0.6) is 0 Å². The van der Waals surface area contributed by atoms with Crippen molar-refractivity contribution in [3.63, 3.8) is 0 Å². The maximum Gasteiger partial charge on any atom is 0.511 e. The molecule has 2 fully saturated rings. The molecule has 1 aromatic heterocycles. The van der Waals surface area contributed by atoms with Gasteiger partial charge in [0, 0.05) is 29.5 Å². The van der Waals surface area contributed by atoms with Gasteiger partial charge in [0.25, 0.3) is 0 Å². The largest absolute Gasteiger partial charge is 0.511 e. The third-order valence-electron chi connectivity index (χ3n) is 5.57. The van der Waals surface area contributed by atoms with Crippen LogP contribution in [-0.2, 0) is 10.0 Å². The number of halogens is 4. The molecule has 0 unspecified atom stereocenters. The molecule has 4 rings (SSSR count). The molecule has 2 heterocycles. The first-order chi connectivity index (χ1) is 12.7. The number of nitrogens with zero attached hydrogens (tertiary/aromatic N) is 3. The van der Waals surface area contributed by atoms with E-state index < -0.39 is 15.5 Å². The van der Waals surface area contributed by atoms with Crippen LogP contribution in [0.25, 0.3) is 11.0 Å². The van der Waals surface area contributed by atoms with Crippen molar-refractivity contribution in [3.8, 4) is 0 Å². The first-order valence-electron chi connectivity index (χ1n) is 8.92. The first kappa shape index (κ1) is 19.2. The highest BCUT2D eigenvalue weighted by Gasteiger charge is 2.50. The van der Waals surface area contributed by atoms with Gasteiger partial charge in [0.15, 0.2) is 0 Å². The van der Waals surface area contributed by atoms with Crippen LogP contribution >= 0.6 is 15.9 Å². The molecule has 0 radical (unpaired) electrons. The minimum absolute atomic E-state index is 0.0559. The summed E-state index contributed by atoms with van der Waals surface area (Å²) >= 11 is 3.47. The predicted octanol–water partition coefficient (Wildman–Crippen LogP) is 4.55. The highest BCUT2D eigenvalue weighted by molar-refractivity contribution is 9.10. The Morgan fingerprint density at radius 3 is 2.33 bits per heavy atom. The molecule has 2 aromatic rings. The van der Waals surface area contributed by atoms with Crippen molar-refractivity contribution >= 4 is 37.0 Å². The van der Waals surface area contributed by atoms with Gasteiger partial charge >= 0.3 is 15.5 Å². The summed E-state index contributed by atoms with van der Waals surface area (Å²) < 4.78 is 65.4. The Morgan fingerprint density at radius 2 is 1.78 bits per heavy atom. The van der Waals surface area contributed by atoms with Crippen LogP contribution in [0.3, 0.4) is 0 Å². The lowest BCUT2D eigenvalue weighted by molar-refractivity contribution is -0.0496. The molecule has 1 aromatic carbocycles. The van der Waals surface area contributed by atoms with Gasteiger partial charge in [0.2, 0.25) is 0 Å². The monoisotopic (exact) mass is 465 g/mol. The van der Waals surface area contributed by atoms with E-state index in [1.165, 1.54) is 0 Å². The van der Waals surface area contributed by atoms with Gasteiger partial charge < -0.3 is 4.57 Å². The van der Waals surface area contributed by atoms with E-state index >= 15 is 0 Å². The molecule has 148 valence electrons. The summed E-state index contributed by atoms with van der Waals surface area (Å²) in [6, 6.07) is 5.77. The van der Waals surface area contributed by atoms with Crippen molar-refractivity contribution in [1.29, 1.82) is 0 Å². The van der Waals surface area contributed by atoms with Gasteiger partial charge in [-0.25, -0.2) is 13.4 Å². The number of aromatic nitrogens is 2. The van der Waals surface area contributed by atoms with Gasteiger partial charge in [-0.15, -0.1) is 0 Å². The van der Waals surface area contributed by atoms with E-state index in [9.17, 15) is 21.6 Å². The molecule has 27 heavy (non-hydrogen) atoms. The molecule has 0 N–H and O–H groups in total. The Morgan fingerprint density at radius 1 is 1.11 bits per heavy atom. The number of sulfonamides is 1. The summed E-state index contributed by atoms with van der Waals surface area (Å²) in [5, 5.41) is 0. The second kappa shape index (κ2) is 6.73. The average molecular weight is 466 g/mol. The van der Waals surface area contributed by atoms with Gasteiger partial charge in [-0.3, -0.25) is 0 Å². The van der Waals surface area contributed by atoms with Gasteiger partial charge in [0.1, 0.15) is 5.82 Å². The van der Waals surface area contributed by atoms with E-state index in [0.29, 0.717) is 23.1 Å². The van der Waals surface area contributed by atoms with Crippen molar-refractivity contribution in [2.75, 3.05) is 13.1 Å². The molecule has 0 spiro atoms. The average Bonchev–Trinajstić information content (AvgIpc) is 2.90. The van der Waals surface area contributed by atoms with Crippen molar-refractivity contribution < 1.29 is 21.6 Å². The fourth-order valence-electron chi connectivity index (χ4n) is 3.91. The predicted molar refractivity (Wildman–Crippen MR) is 98.8 cm³/mol. The lowest BCUT2D eigenvalue weighted by Crippen LogP contribution is -2.45. The zero-order chi connectivity index (χ0) is 19.4.